The number of carbonyl (C=O) groups is 1. The quantitative estimate of drug-likeness (QED) is 0.493. The highest BCUT2D eigenvalue weighted by Gasteiger charge is 2.20. The number of amides is 1. The first-order valence-electron chi connectivity index (χ1n) is 9.46. The number of rotatable bonds is 7. The molecule has 0 saturated heterocycles. The molecular formula is C22H23FN4O2. The van der Waals surface area contributed by atoms with Crippen LogP contribution in [0.3, 0.4) is 0 Å². The zero-order valence-electron chi connectivity index (χ0n) is 16.1. The van der Waals surface area contributed by atoms with E-state index in [4.69, 9.17) is 11.0 Å². The molecule has 1 unspecified atom stereocenters. The van der Waals surface area contributed by atoms with Crippen molar-refractivity contribution in [1.82, 2.24) is 10.3 Å². The molecule has 0 saturated carbocycles. The number of nitriles is 1. The predicted octanol–water partition coefficient (Wildman–Crippen LogP) is 3.06. The van der Waals surface area contributed by atoms with E-state index >= 15 is 0 Å². The zero-order chi connectivity index (χ0) is 21.0. The van der Waals surface area contributed by atoms with Crippen molar-refractivity contribution in [3.63, 3.8) is 0 Å². The van der Waals surface area contributed by atoms with Crippen LogP contribution in [0.5, 0.6) is 0 Å². The second kappa shape index (κ2) is 8.86. The minimum atomic E-state index is -0.507. The van der Waals surface area contributed by atoms with Gasteiger partial charge in [0, 0.05) is 29.1 Å². The van der Waals surface area contributed by atoms with Crippen molar-refractivity contribution in [2.75, 3.05) is 6.54 Å². The molecule has 3 aromatic rings. The molecule has 1 aromatic heterocycles. The molecule has 0 fully saturated rings. The second-order valence-corrected chi connectivity index (χ2v) is 7.02. The van der Waals surface area contributed by atoms with E-state index in [1.54, 1.807) is 30.3 Å². The molecule has 29 heavy (non-hydrogen) atoms. The number of aliphatic hydroxyl groups excluding tert-OH is 1. The van der Waals surface area contributed by atoms with E-state index in [1.807, 2.05) is 6.92 Å². The average Bonchev–Trinajstić information content (AvgIpc) is 3.10. The van der Waals surface area contributed by atoms with E-state index in [1.165, 1.54) is 12.1 Å². The number of aliphatic hydroxyl groups is 1. The maximum atomic E-state index is 13.9. The molecular weight excluding hydrogens is 371 g/mol. The third kappa shape index (κ3) is 4.62. The number of nitrogens with zero attached hydrogens (tertiary/aromatic N) is 1. The lowest BCUT2D eigenvalue weighted by atomic mass is 10.00. The summed E-state index contributed by atoms with van der Waals surface area (Å²) in [5.74, 6) is -0.781. The number of carbonyl (C=O) groups excluding carboxylic acids is 1. The number of aromatic amines is 1. The van der Waals surface area contributed by atoms with Gasteiger partial charge in [-0.1, -0.05) is 19.1 Å². The van der Waals surface area contributed by atoms with Gasteiger partial charge in [0.15, 0.2) is 0 Å². The Balaban J connectivity index is 1.94. The van der Waals surface area contributed by atoms with Crippen molar-refractivity contribution in [1.29, 1.82) is 5.26 Å². The third-order valence-electron chi connectivity index (χ3n) is 4.86. The summed E-state index contributed by atoms with van der Waals surface area (Å²) in [7, 11) is 0. The first-order valence-corrected chi connectivity index (χ1v) is 9.46. The van der Waals surface area contributed by atoms with Gasteiger partial charge in [-0.3, -0.25) is 4.79 Å². The average molecular weight is 394 g/mol. The Morgan fingerprint density at radius 2 is 2.03 bits per heavy atom. The molecule has 7 heteroatoms. The highest BCUT2D eigenvalue weighted by atomic mass is 19.1. The molecule has 2 atom stereocenters. The van der Waals surface area contributed by atoms with Gasteiger partial charge in [-0.15, -0.1) is 0 Å². The van der Waals surface area contributed by atoms with E-state index in [-0.39, 0.29) is 18.5 Å². The molecule has 0 aliphatic heterocycles. The minimum Gasteiger partial charge on any atom is -0.393 e. The molecule has 5 N–H and O–H groups in total. The van der Waals surface area contributed by atoms with Gasteiger partial charge < -0.3 is 21.1 Å². The van der Waals surface area contributed by atoms with Crippen LogP contribution in [0.15, 0.2) is 42.5 Å². The van der Waals surface area contributed by atoms with Crippen LogP contribution < -0.4 is 11.1 Å². The van der Waals surface area contributed by atoms with Gasteiger partial charge in [0.25, 0.3) is 5.91 Å². The summed E-state index contributed by atoms with van der Waals surface area (Å²) in [6.45, 7) is 2.07. The fourth-order valence-corrected chi connectivity index (χ4v) is 3.26. The lowest BCUT2D eigenvalue weighted by Gasteiger charge is -2.16. The monoisotopic (exact) mass is 394 g/mol. The molecule has 1 heterocycles. The molecule has 0 bridgehead atoms. The maximum absolute atomic E-state index is 13.9. The second-order valence-electron chi connectivity index (χ2n) is 7.02. The molecule has 150 valence electrons. The number of nitrogens with two attached hydrogens (primary N) is 1. The lowest BCUT2D eigenvalue weighted by molar-refractivity contribution is 0.0940. The first kappa shape index (κ1) is 20.5. The SMILES string of the molecule is CCC(O)C[C@H](N)CNC(=O)c1[nH]c2ccc(F)cc2c1-c1ccc(C#N)cc1. The molecule has 0 radical (unpaired) electrons. The number of nitrogens with one attached hydrogen (secondary N) is 2. The molecule has 0 aliphatic carbocycles. The Morgan fingerprint density at radius 3 is 2.69 bits per heavy atom. The number of aromatic nitrogens is 1. The largest absolute Gasteiger partial charge is 0.393 e. The van der Waals surface area contributed by atoms with E-state index in [0.29, 0.717) is 46.1 Å². The third-order valence-corrected chi connectivity index (χ3v) is 4.86. The van der Waals surface area contributed by atoms with Crippen LogP contribution in [-0.4, -0.2) is 34.7 Å². The van der Waals surface area contributed by atoms with Crippen LogP contribution in [0.2, 0.25) is 0 Å². The van der Waals surface area contributed by atoms with E-state index < -0.39 is 11.9 Å². The Kier molecular flexibility index (Phi) is 6.27. The summed E-state index contributed by atoms with van der Waals surface area (Å²) in [4.78, 5) is 15.9. The fraction of sp³-hybridized carbons (Fsp3) is 0.273. The maximum Gasteiger partial charge on any atom is 0.268 e. The number of H-pyrrole nitrogens is 1. The summed E-state index contributed by atoms with van der Waals surface area (Å²) in [6.07, 6.45) is 0.474. The lowest BCUT2D eigenvalue weighted by Crippen LogP contribution is -2.39. The van der Waals surface area contributed by atoms with Gasteiger partial charge in [-0.05, 0) is 48.7 Å². The summed E-state index contributed by atoms with van der Waals surface area (Å²) in [6, 6.07) is 12.7. The molecule has 0 spiro atoms. The number of halogens is 1. The van der Waals surface area contributed by atoms with Gasteiger partial charge in [-0.2, -0.15) is 5.26 Å². The van der Waals surface area contributed by atoms with Crippen LogP contribution >= 0.6 is 0 Å². The van der Waals surface area contributed by atoms with Crippen LogP contribution in [-0.2, 0) is 0 Å². The van der Waals surface area contributed by atoms with Gasteiger partial charge in [-0.25, -0.2) is 4.39 Å². The van der Waals surface area contributed by atoms with Gasteiger partial charge in [0.1, 0.15) is 11.5 Å². The van der Waals surface area contributed by atoms with E-state index in [0.717, 1.165) is 0 Å². The number of benzene rings is 2. The van der Waals surface area contributed by atoms with Crippen molar-refractivity contribution in [3.8, 4) is 17.2 Å². The van der Waals surface area contributed by atoms with Crippen molar-refractivity contribution in [3.05, 3.63) is 59.5 Å². The summed E-state index contributed by atoms with van der Waals surface area (Å²) < 4.78 is 13.9. The smallest absolute Gasteiger partial charge is 0.268 e. The number of fused-ring (bicyclic) bond motifs is 1. The van der Waals surface area contributed by atoms with Crippen LogP contribution in [0.25, 0.3) is 22.0 Å². The minimum absolute atomic E-state index is 0.201. The Labute approximate surface area is 168 Å². The number of hydrogen-bond acceptors (Lipinski definition) is 4. The summed E-state index contributed by atoms with van der Waals surface area (Å²) >= 11 is 0. The highest BCUT2D eigenvalue weighted by molar-refractivity contribution is 6.09. The fourth-order valence-electron chi connectivity index (χ4n) is 3.26. The van der Waals surface area contributed by atoms with Crippen molar-refractivity contribution in [2.45, 2.75) is 31.9 Å². The molecule has 2 aromatic carbocycles. The normalized spacial score (nSPS) is 13.1. The van der Waals surface area contributed by atoms with Gasteiger partial charge in [0.05, 0.1) is 17.7 Å². The summed E-state index contributed by atoms with van der Waals surface area (Å²) in [5, 5.41) is 22.1. The standard InChI is InChI=1S/C22H23FN4O2/c1-2-17(28)10-16(25)12-26-22(29)21-20(14-5-3-13(11-24)4-6-14)18-9-15(23)7-8-19(18)27-21/h3-9,16-17,27-28H,2,10,12,25H2,1H3,(H,26,29)/t16-,17?/m0/s1. The molecule has 1 amide bonds. The topological polar surface area (TPSA) is 115 Å². The number of hydrogen-bond donors (Lipinski definition) is 4. The Bertz CT molecular complexity index is 1050. The zero-order valence-corrected chi connectivity index (χ0v) is 16.1. The van der Waals surface area contributed by atoms with Crippen molar-refractivity contribution in [2.24, 2.45) is 5.73 Å². The van der Waals surface area contributed by atoms with E-state index in [9.17, 15) is 14.3 Å². The Hall–Kier alpha value is -3.21. The highest BCUT2D eigenvalue weighted by Crippen LogP contribution is 2.33. The Morgan fingerprint density at radius 1 is 1.31 bits per heavy atom. The molecule has 6 nitrogen and oxygen atoms in total. The van der Waals surface area contributed by atoms with Crippen LogP contribution in [0.4, 0.5) is 4.39 Å². The van der Waals surface area contributed by atoms with Gasteiger partial charge in [0.2, 0.25) is 0 Å². The van der Waals surface area contributed by atoms with E-state index in [2.05, 4.69) is 16.4 Å². The first-order chi connectivity index (χ1) is 13.9. The molecule has 3 rings (SSSR count). The van der Waals surface area contributed by atoms with Crippen LogP contribution in [0.1, 0.15) is 35.8 Å². The molecule has 0 aliphatic rings. The van der Waals surface area contributed by atoms with Crippen molar-refractivity contribution >= 4 is 16.8 Å². The van der Waals surface area contributed by atoms with Gasteiger partial charge >= 0.3 is 0 Å². The predicted molar refractivity (Wildman–Crippen MR) is 110 cm³/mol. The van der Waals surface area contributed by atoms with Crippen LogP contribution in [0, 0.1) is 17.1 Å². The van der Waals surface area contributed by atoms with Crippen molar-refractivity contribution < 1.29 is 14.3 Å². The summed E-state index contributed by atoms with van der Waals surface area (Å²) in [5.41, 5.74) is 8.65.